The third-order valence-electron chi connectivity index (χ3n) is 25.4. The number of allylic oxidation sites excluding steroid dienone is 1. The van der Waals surface area contributed by atoms with Gasteiger partial charge in [-0.2, -0.15) is 0 Å². The van der Waals surface area contributed by atoms with Crippen molar-refractivity contribution < 1.29 is 44.3 Å². The number of hydrogen-bond donors (Lipinski definition) is 6. The number of aliphatic hydroxyl groups is 4. The summed E-state index contributed by atoms with van der Waals surface area (Å²) in [5.41, 5.74) is 4.83. The van der Waals surface area contributed by atoms with E-state index in [1.54, 1.807) is 0 Å². The van der Waals surface area contributed by atoms with E-state index in [1.165, 1.54) is 30.4 Å². The molecule has 5 saturated carbocycles. The molecule has 0 amide bonds. The number of fused-ring (bicyclic) bond motifs is 8. The molecular formula is C66H91N3O9. The summed E-state index contributed by atoms with van der Waals surface area (Å²) in [6.07, 6.45) is 16.9. The maximum atomic E-state index is 15.8. The average molecular weight is 1070 g/mol. The van der Waals surface area contributed by atoms with Gasteiger partial charge >= 0.3 is 0 Å². The van der Waals surface area contributed by atoms with Crippen molar-refractivity contribution in [3.63, 3.8) is 0 Å². The van der Waals surface area contributed by atoms with Crippen LogP contribution in [0.4, 0.5) is 0 Å². The largest absolute Gasteiger partial charge is 0.393 e. The van der Waals surface area contributed by atoms with Crippen LogP contribution in [0.1, 0.15) is 203 Å². The zero-order chi connectivity index (χ0) is 54.9. The number of Topliss-reactive ketones (excluding diaryl/α,β-unsaturated/α-hetero) is 2. The number of carbonyl (C=O) groups excluding carboxylic acids is 3. The second-order valence-electron chi connectivity index (χ2n) is 29.5. The fourth-order valence-electron chi connectivity index (χ4n) is 21.2. The number of nitrogens with one attached hydrogen (secondary N) is 2. The highest BCUT2D eigenvalue weighted by Crippen LogP contribution is 2.80. The Morgan fingerprint density at radius 3 is 2.37 bits per heavy atom. The van der Waals surface area contributed by atoms with Gasteiger partial charge in [0.2, 0.25) is 0 Å². The molecule has 12 heteroatoms. The van der Waals surface area contributed by atoms with Crippen LogP contribution in [0.2, 0.25) is 0 Å². The van der Waals surface area contributed by atoms with Crippen molar-refractivity contribution in [3.05, 3.63) is 69.1 Å². The summed E-state index contributed by atoms with van der Waals surface area (Å²) in [7, 11) is 1.95. The second kappa shape index (κ2) is 18.3. The molecule has 1 aromatic carbocycles. The number of carbonyl (C=O) groups is 3. The van der Waals surface area contributed by atoms with Crippen LogP contribution in [0.15, 0.2) is 35.7 Å². The number of ether oxygens (including phenoxy) is 2. The molecule has 0 unspecified atom stereocenters. The Hall–Kier alpha value is -3.49. The van der Waals surface area contributed by atoms with E-state index in [0.717, 1.165) is 89.2 Å². The van der Waals surface area contributed by atoms with Crippen LogP contribution in [0.3, 0.4) is 0 Å². The minimum atomic E-state index is -1.05. The number of aliphatic hydroxyl groups excluding tert-OH is 3. The molecule has 6 N–H and O–H groups in total. The first-order valence-electron chi connectivity index (χ1n) is 30.8. The predicted molar refractivity (Wildman–Crippen MR) is 299 cm³/mol. The van der Waals surface area contributed by atoms with Gasteiger partial charge in [0.1, 0.15) is 18.2 Å². The van der Waals surface area contributed by atoms with Crippen molar-refractivity contribution in [1.29, 1.82) is 0 Å². The lowest BCUT2D eigenvalue weighted by molar-refractivity contribution is -0.262. The van der Waals surface area contributed by atoms with Gasteiger partial charge in [-0.15, -0.1) is 0 Å². The zero-order valence-corrected chi connectivity index (χ0v) is 48.2. The molecule has 0 radical (unpaired) electrons. The summed E-state index contributed by atoms with van der Waals surface area (Å²) in [4.78, 5) is 48.8. The lowest BCUT2D eigenvalue weighted by Crippen LogP contribution is -2.72. The number of H-pyrrole nitrogens is 1. The Labute approximate surface area is 462 Å². The van der Waals surface area contributed by atoms with E-state index in [1.807, 2.05) is 20.9 Å². The molecule has 424 valence electrons. The summed E-state index contributed by atoms with van der Waals surface area (Å²) >= 11 is 0. The molecule has 0 bridgehead atoms. The van der Waals surface area contributed by atoms with E-state index in [0.29, 0.717) is 102 Å². The summed E-state index contributed by atoms with van der Waals surface area (Å²) in [6.45, 7) is 17.6. The Bertz CT molecular complexity index is 2980. The summed E-state index contributed by atoms with van der Waals surface area (Å²) < 4.78 is 14.3. The second-order valence-corrected chi connectivity index (χ2v) is 29.5. The molecule has 2 saturated heterocycles. The number of ketones is 2. The van der Waals surface area contributed by atoms with Gasteiger partial charge in [-0.3, -0.25) is 9.59 Å². The molecule has 12 nitrogen and oxygen atoms in total. The Kier molecular flexibility index (Phi) is 12.6. The van der Waals surface area contributed by atoms with Gasteiger partial charge in [0.15, 0.2) is 5.78 Å². The van der Waals surface area contributed by atoms with Gasteiger partial charge < -0.3 is 49.6 Å². The van der Waals surface area contributed by atoms with Gasteiger partial charge in [0.25, 0.3) is 0 Å². The van der Waals surface area contributed by atoms with E-state index >= 15 is 9.59 Å². The van der Waals surface area contributed by atoms with Crippen molar-refractivity contribution in [1.82, 2.24) is 14.9 Å². The standard InChI is InChI=1S/C66H91N3O9/c1-59(2)58(78-59)49(73)30-60(3)18-15-38-33-68-54-44(46(36-70)39-27-43-41-12-10-9-11-37(41)13-14-42(43)47(28-39)66(76)22-25-77-26-23-66)34-69(55(38)54)35-45-52-53(60)48(72)31-63(52,6)62(5)19-17-50-61(4,21-24-67-8)51(74)32-65(20-16-40(71)29-65)64(50,7)57(62)56(45)75/h27-28,33-34,36-37,40-41,45-46,49-50,56-58,67-68,71,73,75-76H,9-26,29-32,35H2,1-8H3/t37-,40+,41-,45+,46+,49+,50-,56+,57-,58+,60-,61-,62-,63-,64+,65+/m0/s1. The SMILES string of the molecule is CNCC[C@]1(C)C(=O)C[C@]2(CC[C@@H](O)C2)[C@@]2(C)[C@H]3[C@H](O)[C@@H]4Cn5cc([C@H](C=O)c6cc7c(c(C8(O)CCOCC8)c6)CC[C@@H]6CCCC[C@H]76)c6[nH]cc(c65)CC[C@@](C)(C[C@@H](O)[C@H]5OC5(C)C)C5=C4[C@](C)(CC5=O)[C@@]3(C)CC[C@H]21. The van der Waals surface area contributed by atoms with E-state index < -0.39 is 73.8 Å². The van der Waals surface area contributed by atoms with Crippen LogP contribution in [0, 0.1) is 56.2 Å². The summed E-state index contributed by atoms with van der Waals surface area (Å²) in [5, 5.41) is 54.2. The van der Waals surface area contributed by atoms with E-state index in [2.05, 4.69) is 74.0 Å². The maximum absolute atomic E-state index is 15.8. The minimum Gasteiger partial charge on any atom is -0.393 e. The number of epoxide rings is 1. The zero-order valence-electron chi connectivity index (χ0n) is 48.2. The van der Waals surface area contributed by atoms with Crippen molar-refractivity contribution in [3.8, 4) is 0 Å². The number of rotatable bonds is 10. The van der Waals surface area contributed by atoms with Crippen LogP contribution < -0.4 is 5.32 Å². The smallest absolute Gasteiger partial charge is 0.160 e. The molecular weight excluding hydrogens is 979 g/mol. The van der Waals surface area contributed by atoms with Crippen LogP contribution in [-0.4, -0.2) is 105 Å². The maximum Gasteiger partial charge on any atom is 0.160 e. The first-order valence-corrected chi connectivity index (χ1v) is 30.8. The van der Waals surface area contributed by atoms with Crippen molar-refractivity contribution >= 4 is 28.9 Å². The number of hydrogen-bond acceptors (Lipinski definition) is 10. The molecule has 16 atom stereocenters. The van der Waals surface area contributed by atoms with Gasteiger partial charge in [0.05, 0.1) is 46.5 Å². The first kappa shape index (κ1) is 53.8. The van der Waals surface area contributed by atoms with Crippen molar-refractivity contribution in [2.24, 2.45) is 56.2 Å². The molecule has 5 heterocycles. The number of nitrogens with zero attached hydrogens (tertiary/aromatic N) is 1. The van der Waals surface area contributed by atoms with Gasteiger partial charge in [-0.05, 0) is 190 Å². The Balaban J connectivity index is 1.00. The van der Waals surface area contributed by atoms with E-state index in [4.69, 9.17) is 9.47 Å². The Morgan fingerprint density at radius 2 is 1.67 bits per heavy atom. The monoisotopic (exact) mass is 1070 g/mol. The van der Waals surface area contributed by atoms with Crippen LogP contribution in [-0.2, 0) is 48.8 Å². The Morgan fingerprint density at radius 1 is 0.910 bits per heavy atom. The molecule has 13 rings (SSSR count). The third-order valence-corrected chi connectivity index (χ3v) is 25.4. The van der Waals surface area contributed by atoms with Crippen LogP contribution in [0.5, 0.6) is 0 Å². The topological polar surface area (TPSA) is 187 Å². The number of aromatic nitrogens is 2. The minimum absolute atomic E-state index is 0.0516. The quantitative estimate of drug-likeness (QED) is 0.0843. The molecule has 78 heavy (non-hydrogen) atoms. The molecule has 10 aliphatic rings. The van der Waals surface area contributed by atoms with Crippen LogP contribution >= 0.6 is 0 Å². The third kappa shape index (κ3) is 7.42. The first-order chi connectivity index (χ1) is 37.0. The number of aryl methyl sites for hydroxylation is 1. The van der Waals surface area contributed by atoms with Gasteiger partial charge in [-0.1, -0.05) is 59.6 Å². The normalized spacial score (nSPS) is 42.2. The fourth-order valence-corrected chi connectivity index (χ4v) is 21.2. The number of benzene rings is 1. The highest BCUT2D eigenvalue weighted by Gasteiger charge is 2.77. The summed E-state index contributed by atoms with van der Waals surface area (Å²) in [6, 6.07) is 4.50. The molecule has 7 aliphatic carbocycles. The highest BCUT2D eigenvalue weighted by molar-refractivity contribution is 6.02. The molecule has 7 fully saturated rings. The molecule has 1 spiro atoms. The lowest BCUT2D eigenvalue weighted by atomic mass is 9.30. The average Bonchev–Trinajstić information content (AvgIpc) is 2.88. The molecule has 3 aliphatic heterocycles. The van der Waals surface area contributed by atoms with Crippen molar-refractivity contribution in [2.45, 2.75) is 224 Å². The fraction of sp³-hybridized carbons (Fsp3) is 0.742. The molecule has 2 aromatic heterocycles. The number of aromatic amines is 1. The van der Waals surface area contributed by atoms with E-state index in [9.17, 15) is 25.2 Å². The summed E-state index contributed by atoms with van der Waals surface area (Å²) in [5.74, 6) is -0.178. The van der Waals surface area contributed by atoms with E-state index in [-0.39, 0.29) is 29.5 Å². The van der Waals surface area contributed by atoms with Gasteiger partial charge in [-0.25, -0.2) is 0 Å². The van der Waals surface area contributed by atoms with Crippen LogP contribution in [0.25, 0.3) is 11.0 Å². The highest BCUT2D eigenvalue weighted by atomic mass is 16.6. The lowest BCUT2D eigenvalue weighted by Gasteiger charge is -2.74. The molecule has 3 aromatic rings. The van der Waals surface area contributed by atoms with Gasteiger partial charge in [0, 0.05) is 85.7 Å². The number of aldehydes is 1. The predicted octanol–water partition coefficient (Wildman–Crippen LogP) is 9.82. The van der Waals surface area contributed by atoms with Crippen molar-refractivity contribution in [2.75, 3.05) is 26.8 Å².